The molecule has 1 amide bonds. The van der Waals surface area contributed by atoms with Gasteiger partial charge in [-0.25, -0.2) is 0 Å². The van der Waals surface area contributed by atoms with Crippen LogP contribution in [0.2, 0.25) is 15.1 Å². The van der Waals surface area contributed by atoms with Crippen LogP contribution in [0.3, 0.4) is 0 Å². The summed E-state index contributed by atoms with van der Waals surface area (Å²) in [6, 6.07) is 12.9. The van der Waals surface area contributed by atoms with Crippen LogP contribution in [-0.4, -0.2) is 29.6 Å². The molecule has 1 heterocycles. The molecule has 1 aliphatic rings. The largest absolute Gasteiger partial charge is 0.338 e. The fraction of sp³-hybridized carbons (Fsp3) is 0.278. The predicted molar refractivity (Wildman–Crippen MR) is 104 cm³/mol. The first-order chi connectivity index (χ1) is 11.6. The molecule has 3 rings (SSSR count). The van der Waals surface area contributed by atoms with Gasteiger partial charge >= 0.3 is 0 Å². The van der Waals surface area contributed by atoms with Gasteiger partial charge in [0.2, 0.25) is 0 Å². The van der Waals surface area contributed by atoms with E-state index in [2.05, 4.69) is 6.07 Å². The lowest BCUT2D eigenvalue weighted by molar-refractivity contribution is 0.0767. The normalized spacial score (nSPS) is 18.3. The van der Waals surface area contributed by atoms with Gasteiger partial charge in [0.15, 0.2) is 0 Å². The number of halogens is 3. The van der Waals surface area contributed by atoms with Crippen molar-refractivity contribution in [2.24, 2.45) is 0 Å². The van der Waals surface area contributed by atoms with Crippen molar-refractivity contribution < 1.29 is 4.79 Å². The van der Waals surface area contributed by atoms with E-state index >= 15 is 0 Å². The van der Waals surface area contributed by atoms with E-state index in [1.807, 2.05) is 34.9 Å². The Morgan fingerprint density at radius 3 is 2.62 bits per heavy atom. The van der Waals surface area contributed by atoms with Gasteiger partial charge in [-0.3, -0.25) is 4.79 Å². The Morgan fingerprint density at radius 2 is 1.83 bits per heavy atom. The highest BCUT2D eigenvalue weighted by atomic mass is 35.5. The fourth-order valence-electron chi connectivity index (χ4n) is 2.79. The van der Waals surface area contributed by atoms with Gasteiger partial charge in [-0.1, -0.05) is 53.0 Å². The third-order valence-corrected chi connectivity index (χ3v) is 6.26. The van der Waals surface area contributed by atoms with Gasteiger partial charge in [-0.15, -0.1) is 0 Å². The Labute approximate surface area is 161 Å². The predicted octanol–water partition coefficient (Wildman–Crippen LogP) is 5.97. The molecular formula is C18H16Cl3NOS. The lowest BCUT2D eigenvalue weighted by atomic mass is 10.1. The highest BCUT2D eigenvalue weighted by Crippen LogP contribution is 2.38. The molecule has 2 aromatic rings. The van der Waals surface area contributed by atoms with Gasteiger partial charge in [0.25, 0.3) is 5.91 Å². The monoisotopic (exact) mass is 399 g/mol. The van der Waals surface area contributed by atoms with Crippen LogP contribution in [0.5, 0.6) is 0 Å². The van der Waals surface area contributed by atoms with E-state index in [1.165, 1.54) is 0 Å². The van der Waals surface area contributed by atoms with Gasteiger partial charge in [-0.2, -0.15) is 11.8 Å². The summed E-state index contributed by atoms with van der Waals surface area (Å²) < 4.78 is 0. The van der Waals surface area contributed by atoms with Crippen molar-refractivity contribution in [2.75, 3.05) is 18.8 Å². The number of hydrogen-bond acceptors (Lipinski definition) is 2. The molecule has 0 radical (unpaired) electrons. The van der Waals surface area contributed by atoms with E-state index in [9.17, 15) is 4.79 Å². The van der Waals surface area contributed by atoms with Crippen LogP contribution in [-0.2, 0) is 0 Å². The first-order valence-electron chi connectivity index (χ1n) is 7.66. The molecule has 2 nitrogen and oxygen atoms in total. The van der Waals surface area contributed by atoms with Crippen molar-refractivity contribution in [1.82, 2.24) is 4.90 Å². The lowest BCUT2D eigenvalue weighted by Gasteiger charge is -2.21. The molecular weight excluding hydrogens is 385 g/mol. The third kappa shape index (κ3) is 4.02. The summed E-state index contributed by atoms with van der Waals surface area (Å²) in [6.45, 7) is 1.36. The Kier molecular flexibility index (Phi) is 5.98. The molecule has 0 N–H and O–H groups in total. The van der Waals surface area contributed by atoms with Crippen LogP contribution in [0.4, 0.5) is 0 Å². The van der Waals surface area contributed by atoms with Crippen molar-refractivity contribution in [3.8, 4) is 0 Å². The summed E-state index contributed by atoms with van der Waals surface area (Å²) >= 11 is 20.3. The molecule has 1 unspecified atom stereocenters. The van der Waals surface area contributed by atoms with E-state index in [1.54, 1.807) is 18.2 Å². The zero-order valence-electron chi connectivity index (χ0n) is 12.8. The highest BCUT2D eigenvalue weighted by molar-refractivity contribution is 7.99. The third-order valence-electron chi connectivity index (χ3n) is 4.04. The van der Waals surface area contributed by atoms with E-state index in [0.29, 0.717) is 33.9 Å². The summed E-state index contributed by atoms with van der Waals surface area (Å²) in [6.07, 6.45) is 0.859. The minimum Gasteiger partial charge on any atom is -0.338 e. The summed E-state index contributed by atoms with van der Waals surface area (Å²) in [4.78, 5) is 14.6. The van der Waals surface area contributed by atoms with Gasteiger partial charge in [0.1, 0.15) is 0 Å². The summed E-state index contributed by atoms with van der Waals surface area (Å²) in [5.74, 6) is 0.794. The topological polar surface area (TPSA) is 20.3 Å². The van der Waals surface area contributed by atoms with Gasteiger partial charge in [0.05, 0.1) is 10.6 Å². The second-order valence-electron chi connectivity index (χ2n) is 5.59. The molecule has 1 atom stereocenters. The maximum absolute atomic E-state index is 12.8. The number of carbonyl (C=O) groups is 1. The molecule has 0 aromatic heterocycles. The first-order valence-corrected chi connectivity index (χ1v) is 9.85. The number of hydrogen-bond donors (Lipinski definition) is 0. The van der Waals surface area contributed by atoms with E-state index in [0.717, 1.165) is 22.8 Å². The number of nitrogens with zero attached hydrogens (tertiary/aromatic N) is 1. The van der Waals surface area contributed by atoms with Crippen LogP contribution in [0.15, 0.2) is 42.5 Å². The van der Waals surface area contributed by atoms with Crippen LogP contribution < -0.4 is 0 Å². The second-order valence-corrected chi connectivity index (χ2v) is 8.15. The molecule has 24 heavy (non-hydrogen) atoms. The molecule has 126 valence electrons. The Hall–Kier alpha value is -0.870. The van der Waals surface area contributed by atoms with Crippen LogP contribution >= 0.6 is 46.6 Å². The van der Waals surface area contributed by atoms with Gasteiger partial charge < -0.3 is 4.90 Å². The highest BCUT2D eigenvalue weighted by Gasteiger charge is 2.25. The molecule has 1 aliphatic heterocycles. The van der Waals surface area contributed by atoms with Gasteiger partial charge in [0, 0.05) is 34.1 Å². The second kappa shape index (κ2) is 8.01. The van der Waals surface area contributed by atoms with Crippen molar-refractivity contribution in [2.45, 2.75) is 11.7 Å². The van der Waals surface area contributed by atoms with Crippen LogP contribution in [0.25, 0.3) is 0 Å². The summed E-state index contributed by atoms with van der Waals surface area (Å²) in [7, 11) is 0. The molecule has 0 bridgehead atoms. The van der Waals surface area contributed by atoms with Crippen LogP contribution in [0.1, 0.15) is 27.6 Å². The van der Waals surface area contributed by atoms with Crippen molar-refractivity contribution in [1.29, 1.82) is 0 Å². The fourth-order valence-corrected chi connectivity index (χ4v) is 4.76. The lowest BCUT2D eigenvalue weighted by Crippen LogP contribution is -2.33. The average Bonchev–Trinajstić information content (AvgIpc) is 2.83. The number of carbonyl (C=O) groups excluding carboxylic acids is 1. The SMILES string of the molecule is O=C(c1cc(Cl)ccc1Cl)N1CCSC(c2ccccc2Cl)CC1. The van der Waals surface area contributed by atoms with E-state index in [4.69, 9.17) is 34.8 Å². The minimum atomic E-state index is -0.0668. The molecule has 2 aromatic carbocycles. The van der Waals surface area contributed by atoms with Crippen molar-refractivity contribution >= 4 is 52.5 Å². The Morgan fingerprint density at radius 1 is 1.04 bits per heavy atom. The molecule has 6 heteroatoms. The Balaban J connectivity index is 1.75. The molecule has 1 saturated heterocycles. The number of rotatable bonds is 2. The number of thioether (sulfide) groups is 1. The average molecular weight is 401 g/mol. The van der Waals surface area contributed by atoms with Gasteiger partial charge in [-0.05, 0) is 36.2 Å². The molecule has 1 fully saturated rings. The maximum Gasteiger partial charge on any atom is 0.255 e. The quantitative estimate of drug-likeness (QED) is 0.619. The maximum atomic E-state index is 12.8. The van der Waals surface area contributed by atoms with Crippen molar-refractivity contribution in [3.05, 3.63) is 68.7 Å². The Bertz CT molecular complexity index is 753. The first kappa shape index (κ1) is 17.9. The van der Waals surface area contributed by atoms with E-state index < -0.39 is 0 Å². The zero-order valence-corrected chi connectivity index (χ0v) is 15.9. The minimum absolute atomic E-state index is 0.0668. The molecule has 0 saturated carbocycles. The van der Waals surface area contributed by atoms with E-state index in [-0.39, 0.29) is 5.91 Å². The van der Waals surface area contributed by atoms with Crippen molar-refractivity contribution in [3.63, 3.8) is 0 Å². The standard InChI is InChI=1S/C18H16Cl3NOS/c19-12-5-6-16(21)14(11-12)18(23)22-8-7-17(24-10-9-22)13-3-1-2-4-15(13)20/h1-6,11,17H,7-10H2. The number of amides is 1. The smallest absolute Gasteiger partial charge is 0.255 e. The molecule has 0 spiro atoms. The number of benzene rings is 2. The summed E-state index contributed by atoms with van der Waals surface area (Å²) in [5.41, 5.74) is 1.60. The van der Waals surface area contributed by atoms with Crippen LogP contribution in [0, 0.1) is 0 Å². The molecule has 0 aliphatic carbocycles. The zero-order chi connectivity index (χ0) is 17.1. The summed E-state index contributed by atoms with van der Waals surface area (Å²) in [5, 5.41) is 2.03.